The Morgan fingerprint density at radius 1 is 1.27 bits per heavy atom. The van der Waals surface area contributed by atoms with Gasteiger partial charge >= 0.3 is 0 Å². The Morgan fingerprint density at radius 2 is 2.03 bits per heavy atom. The lowest BCUT2D eigenvalue weighted by atomic mass is 9.74. The molecule has 0 spiro atoms. The number of nitrogens with one attached hydrogen (secondary N) is 1. The number of nitrogens with zero attached hydrogens (tertiary/aromatic N) is 1. The number of hydrogen-bond acceptors (Lipinski definition) is 4. The summed E-state index contributed by atoms with van der Waals surface area (Å²) in [5.41, 5.74) is -0.927. The quantitative estimate of drug-likeness (QED) is 0.306. The first-order chi connectivity index (χ1) is 17.8. The van der Waals surface area contributed by atoms with Gasteiger partial charge in [-0.15, -0.1) is 0 Å². The molecule has 1 heterocycles. The average Bonchev–Trinajstić information content (AvgIpc) is 2.89. The molecule has 1 saturated carbocycles. The fourth-order valence-corrected chi connectivity index (χ4v) is 6.65. The van der Waals surface area contributed by atoms with Crippen LogP contribution >= 0.6 is 11.6 Å². The van der Waals surface area contributed by atoms with Gasteiger partial charge in [0.05, 0.1) is 10.6 Å². The zero-order valence-electron chi connectivity index (χ0n) is 22.5. The number of amides is 1. The van der Waals surface area contributed by atoms with Crippen LogP contribution in [-0.4, -0.2) is 62.5 Å². The van der Waals surface area contributed by atoms with E-state index in [9.17, 15) is 18.7 Å². The van der Waals surface area contributed by atoms with Gasteiger partial charge in [0.15, 0.2) is 0 Å². The van der Waals surface area contributed by atoms with Crippen LogP contribution in [0.2, 0.25) is 5.02 Å². The van der Waals surface area contributed by atoms with Crippen molar-refractivity contribution in [2.75, 3.05) is 40.4 Å². The molecule has 2 N–H and O–H groups in total. The van der Waals surface area contributed by atoms with E-state index in [4.69, 9.17) is 16.3 Å². The third-order valence-corrected chi connectivity index (χ3v) is 8.81. The molecule has 37 heavy (non-hydrogen) atoms. The van der Waals surface area contributed by atoms with Gasteiger partial charge < -0.3 is 20.1 Å². The molecule has 2 aliphatic rings. The number of benzene rings is 1. The Hall–Kier alpha value is -1.28. The minimum absolute atomic E-state index is 0.0442. The fourth-order valence-electron chi connectivity index (χ4n) is 6.36. The normalized spacial score (nSPS) is 25.0. The molecule has 1 aromatic carbocycles. The highest BCUT2D eigenvalue weighted by Crippen LogP contribution is 2.43. The molecule has 1 amide bonds. The molecule has 3 rings (SSSR count). The van der Waals surface area contributed by atoms with E-state index in [1.165, 1.54) is 6.07 Å². The van der Waals surface area contributed by atoms with Crippen molar-refractivity contribution in [3.63, 3.8) is 0 Å². The summed E-state index contributed by atoms with van der Waals surface area (Å²) in [6.07, 6.45) is 7.16. The van der Waals surface area contributed by atoms with Crippen LogP contribution in [0.3, 0.4) is 0 Å². The number of carbonyl (C=O) groups is 1. The summed E-state index contributed by atoms with van der Waals surface area (Å²) in [4.78, 5) is 15.3. The zero-order valence-corrected chi connectivity index (χ0v) is 23.2. The van der Waals surface area contributed by atoms with Crippen molar-refractivity contribution in [2.24, 2.45) is 17.8 Å². The number of rotatable bonds is 13. The van der Waals surface area contributed by atoms with Gasteiger partial charge in [-0.2, -0.15) is 0 Å². The number of aliphatic hydroxyl groups is 1. The number of likely N-dealkylation sites (tertiary alicyclic amines) is 1. The topological polar surface area (TPSA) is 61.8 Å². The lowest BCUT2D eigenvalue weighted by Gasteiger charge is -2.43. The van der Waals surface area contributed by atoms with Crippen molar-refractivity contribution in [3.8, 4) is 0 Å². The second-order valence-corrected chi connectivity index (χ2v) is 11.5. The standard InChI is InChI=1S/C29H45ClF2N2O3/c1-33-19-22(17-21-10-12-24(31)13-11-21)18-27(35)34-15-6-7-23(20-34)29(36,14-3-4-16-37-2)25-8-5-9-26(32)28(25)30/h5,8-9,21-24,33,36H,3-4,6-7,10-20H2,1-2H3/t21?,22-,23-,24?,29-/m1/s1. The number of alkyl halides is 1. The van der Waals surface area contributed by atoms with Crippen LogP contribution in [0.1, 0.15) is 76.2 Å². The Morgan fingerprint density at radius 3 is 2.73 bits per heavy atom. The van der Waals surface area contributed by atoms with Gasteiger partial charge in [-0.1, -0.05) is 23.7 Å². The summed E-state index contributed by atoms with van der Waals surface area (Å²) < 4.78 is 33.2. The number of hydrogen-bond donors (Lipinski definition) is 2. The minimum Gasteiger partial charge on any atom is -0.385 e. The van der Waals surface area contributed by atoms with Crippen LogP contribution < -0.4 is 5.32 Å². The van der Waals surface area contributed by atoms with Gasteiger partial charge in [-0.05, 0) is 95.7 Å². The lowest BCUT2D eigenvalue weighted by Crippen LogP contribution is -2.48. The molecule has 1 aromatic rings. The predicted octanol–water partition coefficient (Wildman–Crippen LogP) is 5.87. The van der Waals surface area contributed by atoms with E-state index in [2.05, 4.69) is 5.32 Å². The molecule has 0 aromatic heterocycles. The number of methoxy groups -OCH3 is 1. The number of carbonyl (C=O) groups excluding carboxylic acids is 1. The monoisotopic (exact) mass is 542 g/mol. The largest absolute Gasteiger partial charge is 0.385 e. The van der Waals surface area contributed by atoms with Crippen LogP contribution in [0, 0.1) is 23.6 Å². The van der Waals surface area contributed by atoms with Crippen LogP contribution in [0.5, 0.6) is 0 Å². The van der Waals surface area contributed by atoms with E-state index in [1.54, 1.807) is 19.2 Å². The molecule has 210 valence electrons. The third-order valence-electron chi connectivity index (χ3n) is 8.42. The van der Waals surface area contributed by atoms with E-state index in [-0.39, 0.29) is 22.8 Å². The Labute approximate surface area is 226 Å². The fraction of sp³-hybridized carbons (Fsp3) is 0.759. The Kier molecular flexibility index (Phi) is 12.1. The molecule has 1 saturated heterocycles. The summed E-state index contributed by atoms with van der Waals surface area (Å²) >= 11 is 6.37. The molecule has 5 nitrogen and oxygen atoms in total. The van der Waals surface area contributed by atoms with Crippen molar-refractivity contribution < 1.29 is 23.4 Å². The van der Waals surface area contributed by atoms with Crippen molar-refractivity contribution in [1.29, 1.82) is 0 Å². The van der Waals surface area contributed by atoms with Gasteiger partial charge in [0, 0.05) is 44.7 Å². The summed E-state index contributed by atoms with van der Waals surface area (Å²) in [5, 5.41) is 15.2. The molecule has 0 bridgehead atoms. The molecule has 2 fully saturated rings. The summed E-state index contributed by atoms with van der Waals surface area (Å²) in [6.45, 7) is 2.42. The molecule has 0 radical (unpaired) electrons. The predicted molar refractivity (Wildman–Crippen MR) is 144 cm³/mol. The molecule has 1 aliphatic heterocycles. The number of halogens is 3. The van der Waals surface area contributed by atoms with Gasteiger partial charge in [0.1, 0.15) is 12.0 Å². The van der Waals surface area contributed by atoms with E-state index in [1.807, 2.05) is 11.9 Å². The van der Waals surface area contributed by atoms with E-state index in [0.29, 0.717) is 63.3 Å². The molecular formula is C29H45ClF2N2O3. The summed E-state index contributed by atoms with van der Waals surface area (Å²) in [5.74, 6) is -0.0232. The summed E-state index contributed by atoms with van der Waals surface area (Å²) in [6, 6.07) is 4.59. The Bertz CT molecular complexity index is 852. The van der Waals surface area contributed by atoms with E-state index < -0.39 is 17.6 Å². The number of unbranched alkanes of at least 4 members (excludes halogenated alkanes) is 1. The van der Waals surface area contributed by atoms with Gasteiger partial charge in [-0.25, -0.2) is 8.78 Å². The molecule has 0 unspecified atom stereocenters. The van der Waals surface area contributed by atoms with Crippen molar-refractivity contribution in [3.05, 3.63) is 34.6 Å². The maximum absolute atomic E-state index is 14.4. The van der Waals surface area contributed by atoms with Crippen LogP contribution in [-0.2, 0) is 15.1 Å². The SMILES string of the molecule is CNC[C@@H](CC(=O)N1CCC[C@@H]([C@](O)(CCCCOC)c2cccc(F)c2Cl)C1)CC1CCC(F)CC1. The molecule has 8 heteroatoms. The van der Waals surface area contributed by atoms with Crippen LogP contribution in [0.15, 0.2) is 18.2 Å². The van der Waals surface area contributed by atoms with Gasteiger partial charge in [0.25, 0.3) is 0 Å². The third kappa shape index (κ3) is 8.35. The van der Waals surface area contributed by atoms with E-state index >= 15 is 0 Å². The van der Waals surface area contributed by atoms with Crippen molar-refractivity contribution in [1.82, 2.24) is 10.2 Å². The smallest absolute Gasteiger partial charge is 0.222 e. The number of piperidine rings is 1. The first-order valence-corrected chi connectivity index (χ1v) is 14.4. The first kappa shape index (κ1) is 30.3. The molecule has 3 atom stereocenters. The maximum atomic E-state index is 14.4. The second-order valence-electron chi connectivity index (χ2n) is 11.1. The highest BCUT2D eigenvalue weighted by Gasteiger charge is 2.43. The van der Waals surface area contributed by atoms with Crippen LogP contribution in [0.25, 0.3) is 0 Å². The number of ether oxygens (including phenoxy) is 1. The highest BCUT2D eigenvalue weighted by atomic mass is 35.5. The molecule has 1 aliphatic carbocycles. The Balaban J connectivity index is 1.70. The lowest BCUT2D eigenvalue weighted by molar-refractivity contribution is -0.138. The molecular weight excluding hydrogens is 498 g/mol. The van der Waals surface area contributed by atoms with Gasteiger partial charge in [-0.3, -0.25) is 4.79 Å². The van der Waals surface area contributed by atoms with Crippen molar-refractivity contribution in [2.45, 2.75) is 82.4 Å². The van der Waals surface area contributed by atoms with Crippen molar-refractivity contribution >= 4 is 17.5 Å². The second kappa shape index (κ2) is 14.8. The average molecular weight is 543 g/mol. The summed E-state index contributed by atoms with van der Waals surface area (Å²) in [7, 11) is 3.55. The van der Waals surface area contributed by atoms with Gasteiger partial charge in [0.2, 0.25) is 5.91 Å². The minimum atomic E-state index is -1.33. The van der Waals surface area contributed by atoms with E-state index in [0.717, 1.165) is 45.1 Å². The maximum Gasteiger partial charge on any atom is 0.222 e. The zero-order chi connectivity index (χ0) is 26.8. The van der Waals surface area contributed by atoms with Crippen LogP contribution in [0.4, 0.5) is 8.78 Å². The highest BCUT2D eigenvalue weighted by molar-refractivity contribution is 6.31. The first-order valence-electron chi connectivity index (χ1n) is 14.0.